The van der Waals surface area contributed by atoms with E-state index in [-0.39, 0.29) is 18.7 Å². The first-order chi connectivity index (χ1) is 11.0. The minimum Gasteiger partial charge on any atom is -0.454 e. The summed E-state index contributed by atoms with van der Waals surface area (Å²) in [4.78, 5) is 12.3. The van der Waals surface area contributed by atoms with Gasteiger partial charge in [0.15, 0.2) is 11.5 Å². The summed E-state index contributed by atoms with van der Waals surface area (Å²) in [6, 6.07) is 11.2. The van der Waals surface area contributed by atoms with Gasteiger partial charge in [-0.05, 0) is 56.2 Å². The van der Waals surface area contributed by atoms with E-state index in [9.17, 15) is 4.79 Å². The zero-order valence-electron chi connectivity index (χ0n) is 13.5. The van der Waals surface area contributed by atoms with Gasteiger partial charge in [0.2, 0.25) is 12.7 Å². The highest BCUT2D eigenvalue weighted by Crippen LogP contribution is 2.34. The molecule has 2 N–H and O–H groups in total. The Morgan fingerprint density at radius 3 is 2.43 bits per heavy atom. The molecule has 2 aromatic rings. The second kappa shape index (κ2) is 6.20. The molecule has 0 saturated carbocycles. The fourth-order valence-corrected chi connectivity index (χ4v) is 2.60. The molecule has 1 amide bonds. The molecular formula is C18H20N2O3. The normalized spacial score (nSPS) is 13.5. The largest absolute Gasteiger partial charge is 0.454 e. The topological polar surface area (TPSA) is 59.6 Å². The van der Waals surface area contributed by atoms with Crippen LogP contribution in [0, 0.1) is 13.8 Å². The Kier molecular flexibility index (Phi) is 4.10. The van der Waals surface area contributed by atoms with Crippen LogP contribution in [0.1, 0.15) is 18.1 Å². The molecule has 0 fully saturated rings. The molecule has 0 aromatic heterocycles. The van der Waals surface area contributed by atoms with Crippen molar-refractivity contribution in [2.75, 3.05) is 17.4 Å². The van der Waals surface area contributed by atoms with Gasteiger partial charge < -0.3 is 20.1 Å². The maximum atomic E-state index is 12.3. The third-order valence-corrected chi connectivity index (χ3v) is 3.64. The number of anilines is 2. The highest BCUT2D eigenvalue weighted by Gasteiger charge is 2.17. The average Bonchev–Trinajstić information content (AvgIpc) is 2.93. The van der Waals surface area contributed by atoms with Crippen LogP contribution in [-0.2, 0) is 4.79 Å². The van der Waals surface area contributed by atoms with E-state index in [2.05, 4.69) is 16.7 Å². The molecule has 5 heteroatoms. The zero-order valence-corrected chi connectivity index (χ0v) is 13.5. The number of carbonyl (C=O) groups is 1. The SMILES string of the molecule is Cc1cc(C)cc(NC(C)C(=O)Nc2ccc3c(c2)OCO3)c1. The molecule has 2 aromatic carbocycles. The van der Waals surface area contributed by atoms with Crippen molar-refractivity contribution >= 4 is 17.3 Å². The molecule has 1 aliphatic rings. The Bertz CT molecular complexity index is 723. The first-order valence-electron chi connectivity index (χ1n) is 7.56. The van der Waals surface area contributed by atoms with Crippen LogP contribution in [0.4, 0.5) is 11.4 Å². The smallest absolute Gasteiger partial charge is 0.246 e. The third-order valence-electron chi connectivity index (χ3n) is 3.64. The number of hydrogen-bond acceptors (Lipinski definition) is 4. The summed E-state index contributed by atoms with van der Waals surface area (Å²) in [5.74, 6) is 1.24. The summed E-state index contributed by atoms with van der Waals surface area (Å²) in [7, 11) is 0. The van der Waals surface area contributed by atoms with Crippen molar-refractivity contribution in [2.24, 2.45) is 0 Å². The fourth-order valence-electron chi connectivity index (χ4n) is 2.60. The van der Waals surface area contributed by atoms with Gasteiger partial charge in [-0.25, -0.2) is 0 Å². The van der Waals surface area contributed by atoms with Crippen molar-refractivity contribution in [3.8, 4) is 11.5 Å². The van der Waals surface area contributed by atoms with Gasteiger partial charge in [-0.1, -0.05) is 6.07 Å². The fraction of sp³-hybridized carbons (Fsp3) is 0.278. The number of carbonyl (C=O) groups excluding carboxylic acids is 1. The standard InChI is InChI=1S/C18H20N2O3/c1-11-6-12(2)8-15(7-11)19-13(3)18(21)20-14-4-5-16-17(9-14)23-10-22-16/h4-9,13,19H,10H2,1-3H3,(H,20,21). The molecular weight excluding hydrogens is 292 g/mol. The molecule has 1 heterocycles. The number of hydrogen-bond donors (Lipinski definition) is 2. The van der Waals surface area contributed by atoms with Gasteiger partial charge in [-0.15, -0.1) is 0 Å². The molecule has 0 spiro atoms. The second-order valence-corrected chi connectivity index (χ2v) is 5.80. The number of benzene rings is 2. The Labute approximate surface area is 135 Å². The molecule has 0 radical (unpaired) electrons. The summed E-state index contributed by atoms with van der Waals surface area (Å²) >= 11 is 0. The lowest BCUT2D eigenvalue weighted by molar-refractivity contribution is -0.116. The number of nitrogens with one attached hydrogen (secondary N) is 2. The molecule has 1 aliphatic heterocycles. The van der Waals surface area contributed by atoms with Crippen LogP contribution in [-0.4, -0.2) is 18.7 Å². The maximum absolute atomic E-state index is 12.3. The van der Waals surface area contributed by atoms with E-state index in [1.807, 2.05) is 32.9 Å². The number of aryl methyl sites for hydroxylation is 2. The zero-order chi connectivity index (χ0) is 16.4. The number of ether oxygens (including phenoxy) is 2. The van der Waals surface area contributed by atoms with Crippen LogP contribution < -0.4 is 20.1 Å². The van der Waals surface area contributed by atoms with Crippen molar-refractivity contribution in [3.05, 3.63) is 47.5 Å². The van der Waals surface area contributed by atoms with Crippen molar-refractivity contribution in [1.82, 2.24) is 0 Å². The van der Waals surface area contributed by atoms with Crippen LogP contribution in [0.25, 0.3) is 0 Å². The summed E-state index contributed by atoms with van der Waals surface area (Å²) in [6.45, 7) is 6.13. The number of rotatable bonds is 4. The number of fused-ring (bicyclic) bond motifs is 1. The van der Waals surface area contributed by atoms with Gasteiger partial charge in [0.05, 0.1) is 0 Å². The van der Waals surface area contributed by atoms with Crippen molar-refractivity contribution in [2.45, 2.75) is 26.8 Å². The maximum Gasteiger partial charge on any atom is 0.246 e. The molecule has 1 unspecified atom stereocenters. The van der Waals surface area contributed by atoms with E-state index in [0.29, 0.717) is 17.2 Å². The summed E-state index contributed by atoms with van der Waals surface area (Å²) in [6.07, 6.45) is 0. The van der Waals surface area contributed by atoms with Crippen LogP contribution in [0.15, 0.2) is 36.4 Å². The van der Waals surface area contributed by atoms with E-state index in [4.69, 9.17) is 9.47 Å². The predicted molar refractivity (Wildman–Crippen MR) is 90.2 cm³/mol. The lowest BCUT2D eigenvalue weighted by Gasteiger charge is -2.16. The van der Waals surface area contributed by atoms with Crippen molar-refractivity contribution in [1.29, 1.82) is 0 Å². The van der Waals surface area contributed by atoms with Crippen LogP contribution in [0.3, 0.4) is 0 Å². The van der Waals surface area contributed by atoms with Gasteiger partial charge in [0.25, 0.3) is 0 Å². The molecule has 0 aliphatic carbocycles. The second-order valence-electron chi connectivity index (χ2n) is 5.80. The lowest BCUT2D eigenvalue weighted by Crippen LogP contribution is -2.31. The van der Waals surface area contributed by atoms with Crippen LogP contribution >= 0.6 is 0 Å². The van der Waals surface area contributed by atoms with E-state index < -0.39 is 0 Å². The van der Waals surface area contributed by atoms with Gasteiger partial charge in [0, 0.05) is 17.4 Å². The van der Waals surface area contributed by atoms with Crippen molar-refractivity contribution < 1.29 is 14.3 Å². The molecule has 0 saturated heterocycles. The third kappa shape index (κ3) is 3.56. The summed E-state index contributed by atoms with van der Waals surface area (Å²) in [5.41, 5.74) is 3.95. The highest BCUT2D eigenvalue weighted by molar-refractivity contribution is 5.96. The Morgan fingerprint density at radius 2 is 1.70 bits per heavy atom. The molecule has 5 nitrogen and oxygen atoms in total. The minimum absolute atomic E-state index is 0.108. The van der Waals surface area contributed by atoms with Crippen molar-refractivity contribution in [3.63, 3.8) is 0 Å². The van der Waals surface area contributed by atoms with E-state index in [1.54, 1.807) is 18.2 Å². The van der Waals surface area contributed by atoms with E-state index in [1.165, 1.54) is 0 Å². The Balaban J connectivity index is 1.65. The Morgan fingerprint density at radius 1 is 1.00 bits per heavy atom. The summed E-state index contributed by atoms with van der Waals surface area (Å²) in [5, 5.41) is 6.11. The van der Waals surface area contributed by atoms with Gasteiger partial charge in [0.1, 0.15) is 6.04 Å². The molecule has 120 valence electrons. The average molecular weight is 312 g/mol. The first-order valence-corrected chi connectivity index (χ1v) is 7.56. The van der Waals surface area contributed by atoms with Gasteiger partial charge in [-0.3, -0.25) is 4.79 Å². The molecule has 1 atom stereocenters. The minimum atomic E-state index is -0.360. The van der Waals surface area contributed by atoms with Crippen LogP contribution in [0.2, 0.25) is 0 Å². The Hall–Kier alpha value is -2.69. The van der Waals surface area contributed by atoms with Crippen LogP contribution in [0.5, 0.6) is 11.5 Å². The predicted octanol–water partition coefficient (Wildman–Crippen LogP) is 3.47. The van der Waals surface area contributed by atoms with Gasteiger partial charge >= 0.3 is 0 Å². The lowest BCUT2D eigenvalue weighted by atomic mass is 10.1. The molecule has 0 bridgehead atoms. The summed E-state index contributed by atoms with van der Waals surface area (Å²) < 4.78 is 10.6. The number of amides is 1. The van der Waals surface area contributed by atoms with E-state index in [0.717, 1.165) is 16.8 Å². The molecule has 3 rings (SSSR count). The molecule has 23 heavy (non-hydrogen) atoms. The van der Waals surface area contributed by atoms with E-state index >= 15 is 0 Å². The first kappa shape index (κ1) is 15.2. The quantitative estimate of drug-likeness (QED) is 0.907. The van der Waals surface area contributed by atoms with Gasteiger partial charge in [-0.2, -0.15) is 0 Å². The monoisotopic (exact) mass is 312 g/mol. The highest BCUT2D eigenvalue weighted by atomic mass is 16.7.